The van der Waals surface area contributed by atoms with Crippen LogP contribution < -0.4 is 19.1 Å². The normalized spacial score (nSPS) is 13.2. The second kappa shape index (κ2) is 13.5. The molecule has 1 N–H and O–H groups in total. The first kappa shape index (κ1) is 29.9. The predicted molar refractivity (Wildman–Crippen MR) is 154 cm³/mol. The van der Waals surface area contributed by atoms with Crippen molar-refractivity contribution in [1.29, 1.82) is 0 Å². The molecule has 41 heavy (non-hydrogen) atoms. The highest BCUT2D eigenvalue weighted by Crippen LogP contribution is 2.35. The number of hydrogen-bond donors (Lipinski definition) is 1. The first-order valence-electron chi connectivity index (χ1n) is 13.5. The van der Waals surface area contributed by atoms with Crippen molar-refractivity contribution in [2.24, 2.45) is 0 Å². The Morgan fingerprint density at radius 2 is 1.63 bits per heavy atom. The maximum Gasteiger partial charge on any atom is 0.244 e. The van der Waals surface area contributed by atoms with Gasteiger partial charge in [-0.05, 0) is 37.6 Å². The van der Waals surface area contributed by atoms with E-state index in [4.69, 9.17) is 9.47 Å². The number of ether oxygens (including phenoxy) is 2. The number of nitrogens with zero attached hydrogens (tertiary/aromatic N) is 2. The molecular formula is C30H34FN3O6S. The van der Waals surface area contributed by atoms with Crippen LogP contribution in [0.4, 0.5) is 10.1 Å². The van der Waals surface area contributed by atoms with Crippen molar-refractivity contribution in [3.63, 3.8) is 0 Å². The SMILES string of the molecule is CCNC(=O)[C@@H](Cc1ccccc1)N(Cc1ccccc1F)C(=O)CN(c1ccc2c(c1)OCCO2)S(=O)(=O)CC. The Labute approximate surface area is 239 Å². The smallest absolute Gasteiger partial charge is 0.244 e. The fourth-order valence-electron chi connectivity index (χ4n) is 4.56. The summed E-state index contributed by atoms with van der Waals surface area (Å²) in [5.74, 6) is -1.06. The van der Waals surface area contributed by atoms with Gasteiger partial charge in [0.05, 0.1) is 11.4 Å². The monoisotopic (exact) mass is 583 g/mol. The van der Waals surface area contributed by atoms with Crippen LogP contribution >= 0.6 is 0 Å². The van der Waals surface area contributed by atoms with Crippen molar-refractivity contribution in [1.82, 2.24) is 10.2 Å². The number of likely N-dealkylation sites (N-methyl/N-ethyl adjacent to an activating group) is 1. The van der Waals surface area contributed by atoms with Gasteiger partial charge in [0.2, 0.25) is 21.8 Å². The Morgan fingerprint density at radius 3 is 2.32 bits per heavy atom. The molecule has 3 aromatic carbocycles. The molecule has 11 heteroatoms. The van der Waals surface area contributed by atoms with E-state index in [2.05, 4.69) is 5.32 Å². The minimum atomic E-state index is -3.95. The van der Waals surface area contributed by atoms with Crippen LogP contribution in [0.15, 0.2) is 72.8 Å². The third-order valence-electron chi connectivity index (χ3n) is 6.71. The van der Waals surface area contributed by atoms with Crippen molar-refractivity contribution in [3.05, 3.63) is 89.7 Å². The number of benzene rings is 3. The van der Waals surface area contributed by atoms with E-state index in [1.54, 1.807) is 25.1 Å². The molecule has 1 heterocycles. The Hall–Kier alpha value is -4.12. The highest BCUT2D eigenvalue weighted by molar-refractivity contribution is 7.92. The van der Waals surface area contributed by atoms with E-state index < -0.39 is 40.2 Å². The molecule has 0 saturated carbocycles. The van der Waals surface area contributed by atoms with Gasteiger partial charge in [-0.2, -0.15) is 0 Å². The Balaban J connectivity index is 1.74. The minimum Gasteiger partial charge on any atom is -0.486 e. The van der Waals surface area contributed by atoms with Crippen molar-refractivity contribution in [2.45, 2.75) is 32.9 Å². The summed E-state index contributed by atoms with van der Waals surface area (Å²) < 4.78 is 53.6. The number of rotatable bonds is 12. The zero-order chi connectivity index (χ0) is 29.4. The number of carbonyl (C=O) groups is 2. The number of fused-ring (bicyclic) bond motifs is 1. The number of hydrogen-bond acceptors (Lipinski definition) is 6. The van der Waals surface area contributed by atoms with Crippen molar-refractivity contribution in [3.8, 4) is 11.5 Å². The lowest BCUT2D eigenvalue weighted by Crippen LogP contribution is -2.53. The Morgan fingerprint density at radius 1 is 0.951 bits per heavy atom. The highest BCUT2D eigenvalue weighted by atomic mass is 32.2. The quantitative estimate of drug-likeness (QED) is 0.350. The summed E-state index contributed by atoms with van der Waals surface area (Å²) in [6, 6.07) is 18.8. The van der Waals surface area contributed by atoms with Crippen LogP contribution in [0.3, 0.4) is 0 Å². The zero-order valence-corrected chi connectivity index (χ0v) is 23.9. The molecule has 0 fully saturated rings. The van der Waals surface area contributed by atoms with Gasteiger partial charge in [-0.1, -0.05) is 48.5 Å². The molecule has 218 valence electrons. The standard InChI is InChI=1S/C30H34FN3O6S/c1-3-32-30(36)26(18-22-10-6-5-7-11-22)33(20-23-12-8-9-13-25(23)31)29(35)21-34(41(37,38)4-2)24-14-15-27-28(19-24)40-17-16-39-27/h5-15,19,26H,3-4,16-18,20-21H2,1-2H3,(H,32,36)/t26-/m1/s1. The number of nitrogens with one attached hydrogen (secondary N) is 1. The van der Waals surface area contributed by atoms with Crippen molar-refractivity contribution >= 4 is 27.5 Å². The lowest BCUT2D eigenvalue weighted by atomic mass is 10.0. The summed E-state index contributed by atoms with van der Waals surface area (Å²) in [6.45, 7) is 3.40. The highest BCUT2D eigenvalue weighted by Gasteiger charge is 2.34. The van der Waals surface area contributed by atoms with Crippen LogP contribution in [0.1, 0.15) is 25.0 Å². The molecule has 0 unspecified atom stereocenters. The summed E-state index contributed by atoms with van der Waals surface area (Å²) >= 11 is 0. The molecule has 2 amide bonds. The largest absolute Gasteiger partial charge is 0.486 e. The zero-order valence-electron chi connectivity index (χ0n) is 23.1. The summed E-state index contributed by atoms with van der Waals surface area (Å²) in [5.41, 5.74) is 1.21. The van der Waals surface area contributed by atoms with Gasteiger partial charge in [0, 0.05) is 31.1 Å². The molecule has 1 atom stereocenters. The molecule has 0 radical (unpaired) electrons. The van der Waals surface area contributed by atoms with E-state index in [0.717, 1.165) is 9.87 Å². The Kier molecular flexibility index (Phi) is 9.82. The lowest BCUT2D eigenvalue weighted by molar-refractivity contribution is -0.140. The first-order valence-corrected chi connectivity index (χ1v) is 15.1. The van der Waals surface area contributed by atoms with E-state index in [9.17, 15) is 22.4 Å². The summed E-state index contributed by atoms with van der Waals surface area (Å²) in [7, 11) is -3.95. The third kappa shape index (κ3) is 7.35. The molecule has 3 aromatic rings. The van der Waals surface area contributed by atoms with Gasteiger partial charge in [-0.25, -0.2) is 12.8 Å². The van der Waals surface area contributed by atoms with Crippen LogP contribution in [0.2, 0.25) is 0 Å². The maximum atomic E-state index is 14.8. The van der Waals surface area contributed by atoms with Gasteiger partial charge in [0.1, 0.15) is 31.6 Å². The number of amides is 2. The molecule has 0 aliphatic carbocycles. The average molecular weight is 584 g/mol. The molecule has 1 aliphatic rings. The van der Waals surface area contributed by atoms with Gasteiger partial charge in [-0.3, -0.25) is 13.9 Å². The first-order chi connectivity index (χ1) is 19.7. The number of anilines is 1. The minimum absolute atomic E-state index is 0.150. The van der Waals surface area contributed by atoms with E-state index >= 15 is 0 Å². The van der Waals surface area contributed by atoms with E-state index in [1.807, 2.05) is 30.3 Å². The van der Waals surface area contributed by atoms with Crippen LogP contribution in [0.25, 0.3) is 0 Å². The Bertz CT molecular complexity index is 1470. The average Bonchev–Trinajstić information content (AvgIpc) is 2.98. The second-order valence-electron chi connectivity index (χ2n) is 9.45. The summed E-state index contributed by atoms with van der Waals surface area (Å²) in [6.07, 6.45) is 0.150. The van der Waals surface area contributed by atoms with Crippen molar-refractivity contribution in [2.75, 3.05) is 36.4 Å². The lowest BCUT2D eigenvalue weighted by Gasteiger charge is -2.34. The van der Waals surface area contributed by atoms with Crippen LogP contribution in [-0.4, -0.2) is 63.2 Å². The third-order valence-corrected chi connectivity index (χ3v) is 8.45. The van der Waals surface area contributed by atoms with E-state index in [1.165, 1.54) is 36.1 Å². The second-order valence-corrected chi connectivity index (χ2v) is 11.6. The topological polar surface area (TPSA) is 105 Å². The molecular weight excluding hydrogens is 549 g/mol. The summed E-state index contributed by atoms with van der Waals surface area (Å²) in [4.78, 5) is 28.7. The molecule has 9 nitrogen and oxygen atoms in total. The number of halogens is 1. The number of carbonyl (C=O) groups excluding carboxylic acids is 2. The van der Waals surface area contributed by atoms with Crippen molar-refractivity contribution < 1.29 is 31.9 Å². The van der Waals surface area contributed by atoms with Crippen LogP contribution in [0.5, 0.6) is 11.5 Å². The van der Waals surface area contributed by atoms with Gasteiger partial charge in [0.25, 0.3) is 0 Å². The molecule has 1 aliphatic heterocycles. The number of sulfonamides is 1. The molecule has 0 saturated heterocycles. The van der Waals surface area contributed by atoms with Gasteiger partial charge >= 0.3 is 0 Å². The van der Waals surface area contributed by atoms with Crippen LogP contribution in [-0.2, 0) is 32.6 Å². The van der Waals surface area contributed by atoms with Gasteiger partial charge < -0.3 is 19.7 Å². The van der Waals surface area contributed by atoms with E-state index in [-0.39, 0.29) is 30.0 Å². The molecule has 4 rings (SSSR count). The predicted octanol–water partition coefficient (Wildman–Crippen LogP) is 3.53. The van der Waals surface area contributed by atoms with Gasteiger partial charge in [-0.15, -0.1) is 0 Å². The van der Waals surface area contributed by atoms with Crippen LogP contribution in [0, 0.1) is 5.82 Å². The fraction of sp³-hybridized carbons (Fsp3) is 0.333. The molecule has 0 bridgehead atoms. The molecule has 0 spiro atoms. The summed E-state index contributed by atoms with van der Waals surface area (Å²) in [5, 5.41) is 2.77. The maximum absolute atomic E-state index is 14.8. The van der Waals surface area contributed by atoms with E-state index in [0.29, 0.717) is 31.3 Å². The molecule has 0 aromatic heterocycles. The van der Waals surface area contributed by atoms with Gasteiger partial charge in [0.15, 0.2) is 11.5 Å². The fourth-order valence-corrected chi connectivity index (χ4v) is 5.62.